The van der Waals surface area contributed by atoms with Crippen LogP contribution in [0.25, 0.3) is 11.1 Å². The van der Waals surface area contributed by atoms with E-state index in [0.717, 1.165) is 0 Å². The third-order valence-corrected chi connectivity index (χ3v) is 3.56. The van der Waals surface area contributed by atoms with Crippen LogP contribution in [-0.4, -0.2) is 40.2 Å². The summed E-state index contributed by atoms with van der Waals surface area (Å²) >= 11 is 0. The van der Waals surface area contributed by atoms with Gasteiger partial charge in [0.05, 0.1) is 33.7 Å². The summed E-state index contributed by atoms with van der Waals surface area (Å²) in [6.45, 7) is -7.42. The van der Waals surface area contributed by atoms with Crippen molar-refractivity contribution in [1.29, 1.82) is 0 Å². The molecule has 6 nitrogen and oxygen atoms in total. The Morgan fingerprint density at radius 3 is 2.53 bits per heavy atom. The summed E-state index contributed by atoms with van der Waals surface area (Å²) in [6.07, 6.45) is -2.87. The van der Waals surface area contributed by atoms with Gasteiger partial charge in [0.25, 0.3) is 5.91 Å². The molecule has 1 aliphatic heterocycles. The molecule has 2 heterocycles. The summed E-state index contributed by atoms with van der Waals surface area (Å²) in [5, 5.41) is 0. The molecule has 0 atom stereocenters. The molecule has 0 bridgehead atoms. The molecule has 154 valence electrons. The van der Waals surface area contributed by atoms with Crippen LogP contribution in [0.5, 0.6) is 11.5 Å². The molecule has 0 fully saturated rings. The smallest absolute Gasteiger partial charge is 0.491 e. The number of hydrogen-bond donors (Lipinski definition) is 0. The van der Waals surface area contributed by atoms with Crippen LogP contribution in [0.3, 0.4) is 0 Å². The Labute approximate surface area is 185 Å². The lowest BCUT2D eigenvalue weighted by Gasteiger charge is -2.19. The van der Waals surface area contributed by atoms with Crippen LogP contribution in [0.1, 0.15) is 31.3 Å². The molecule has 0 saturated carbocycles. The maximum Gasteiger partial charge on any atom is 0.573 e. The van der Waals surface area contributed by atoms with Crippen LogP contribution in [0.15, 0.2) is 60.8 Å². The van der Waals surface area contributed by atoms with E-state index in [1.807, 2.05) is 0 Å². The number of amides is 1. The van der Waals surface area contributed by atoms with E-state index in [1.165, 1.54) is 18.5 Å². The normalized spacial score (nSPS) is 22.6. The molecule has 30 heavy (non-hydrogen) atoms. The predicted octanol–water partition coefficient (Wildman–Crippen LogP) is 4.08. The highest BCUT2D eigenvalue weighted by Crippen LogP contribution is 2.31. The Kier molecular flexibility index (Phi) is 2.78. The monoisotopic (exact) mass is 426 g/mol. The number of nitrogens with zero attached hydrogens (tertiary/aromatic N) is 3. The van der Waals surface area contributed by atoms with Crippen LogP contribution >= 0.6 is 0 Å². The SMILES string of the molecule is [2H]c1c([2H])c(-c2c([2H])c([2H])c3c(c2[2H])C(=O)N(Cc2ncccn2)C([2H])([2H])C([2H])([2H])O3)c([2H])c([2H])c1OC(F)(F)F. The standard InChI is InChI=1S/C21H16F3N3O3/c22-21(23,24)30-16-5-2-14(3-6-16)15-4-7-18-17(12-15)20(28)27(10-11-29-18)13-19-25-8-1-9-26-19/h1-9,12H,10-11,13H2/i2D,3D,4D,5D,6D,7D,10D2,11D2,12D. The molecule has 0 aliphatic carbocycles. The number of ether oxygens (including phenoxy) is 2. The van der Waals surface area contributed by atoms with Crippen molar-refractivity contribution >= 4 is 5.91 Å². The zero-order chi connectivity index (χ0) is 30.8. The lowest BCUT2D eigenvalue weighted by atomic mass is 10.0. The van der Waals surface area contributed by atoms with E-state index in [9.17, 15) is 18.0 Å². The van der Waals surface area contributed by atoms with Crippen LogP contribution in [0.4, 0.5) is 13.2 Å². The van der Waals surface area contributed by atoms with Crippen molar-refractivity contribution in [2.45, 2.75) is 12.9 Å². The minimum absolute atomic E-state index is 0.154. The van der Waals surface area contributed by atoms with Crippen molar-refractivity contribution < 1.29 is 42.5 Å². The lowest BCUT2D eigenvalue weighted by molar-refractivity contribution is -0.274. The molecule has 1 aromatic heterocycles. The zero-order valence-electron chi connectivity index (χ0n) is 25.6. The maximum absolute atomic E-state index is 13.7. The first-order chi connectivity index (χ1) is 18.8. The third-order valence-electron chi connectivity index (χ3n) is 3.56. The summed E-state index contributed by atoms with van der Waals surface area (Å²) < 4.78 is 138. The fourth-order valence-corrected chi connectivity index (χ4v) is 2.32. The topological polar surface area (TPSA) is 64.6 Å². The van der Waals surface area contributed by atoms with E-state index >= 15 is 0 Å². The molecule has 0 radical (unpaired) electrons. The summed E-state index contributed by atoms with van der Waals surface area (Å²) in [6, 6.07) is -6.91. The minimum atomic E-state index is -5.39. The van der Waals surface area contributed by atoms with E-state index in [2.05, 4.69) is 14.7 Å². The highest BCUT2D eigenvalue weighted by atomic mass is 19.4. The van der Waals surface area contributed by atoms with Gasteiger partial charge in [0, 0.05) is 12.4 Å². The molecule has 0 spiro atoms. The van der Waals surface area contributed by atoms with Crippen LogP contribution < -0.4 is 9.47 Å². The van der Waals surface area contributed by atoms with Gasteiger partial charge in [-0.2, -0.15) is 0 Å². The molecule has 4 rings (SSSR count). The number of fused-ring (bicyclic) bond motifs is 1. The van der Waals surface area contributed by atoms with Crippen molar-refractivity contribution in [2.75, 3.05) is 13.1 Å². The third kappa shape index (κ3) is 4.51. The summed E-state index contributed by atoms with van der Waals surface area (Å²) in [4.78, 5) is 21.8. The van der Waals surface area contributed by atoms with Gasteiger partial charge in [-0.05, 0) is 41.4 Å². The molecular formula is C21H16F3N3O3. The highest BCUT2D eigenvalue weighted by molar-refractivity contribution is 5.98. The number of halogens is 3. The fraction of sp³-hybridized carbons (Fsp3) is 0.190. The van der Waals surface area contributed by atoms with E-state index < -0.39 is 102 Å². The average Bonchev–Trinajstić information content (AvgIpc) is 2.93. The number of carbonyl (C=O) groups is 1. The molecule has 0 saturated heterocycles. The van der Waals surface area contributed by atoms with Crippen LogP contribution in [-0.2, 0) is 6.54 Å². The van der Waals surface area contributed by atoms with Gasteiger partial charge in [-0.3, -0.25) is 4.79 Å². The quantitative estimate of drug-likeness (QED) is 0.629. The number of alkyl halides is 3. The van der Waals surface area contributed by atoms with Gasteiger partial charge in [0.15, 0.2) is 0 Å². The summed E-state index contributed by atoms with van der Waals surface area (Å²) in [5.41, 5.74) is -2.81. The van der Waals surface area contributed by atoms with E-state index in [-0.39, 0.29) is 10.7 Å². The molecule has 0 N–H and O–H groups in total. The van der Waals surface area contributed by atoms with Gasteiger partial charge in [0.1, 0.15) is 23.9 Å². The molecular weight excluding hydrogens is 399 g/mol. The van der Waals surface area contributed by atoms with Crippen molar-refractivity contribution in [3.8, 4) is 22.6 Å². The number of rotatable bonds is 4. The maximum atomic E-state index is 13.7. The number of benzene rings is 2. The first kappa shape index (κ1) is 10.4. The van der Waals surface area contributed by atoms with Gasteiger partial charge in [-0.1, -0.05) is 18.1 Å². The Morgan fingerprint density at radius 2 is 1.83 bits per heavy atom. The number of carbonyl (C=O) groups excluding carboxylic acids is 1. The molecule has 9 heteroatoms. The Bertz CT molecular complexity index is 1540. The Balaban J connectivity index is 2.03. The second-order valence-corrected chi connectivity index (χ2v) is 5.58. The fourth-order valence-electron chi connectivity index (χ4n) is 2.32. The molecule has 0 unspecified atom stereocenters. The van der Waals surface area contributed by atoms with Crippen molar-refractivity contribution in [3.05, 3.63) is 72.1 Å². The first-order valence-electron chi connectivity index (χ1n) is 13.6. The minimum Gasteiger partial charge on any atom is -0.491 e. The largest absolute Gasteiger partial charge is 0.573 e. The van der Waals surface area contributed by atoms with Gasteiger partial charge < -0.3 is 14.4 Å². The van der Waals surface area contributed by atoms with Crippen molar-refractivity contribution in [2.24, 2.45) is 0 Å². The predicted molar refractivity (Wildman–Crippen MR) is 101 cm³/mol. The second kappa shape index (κ2) is 8.02. The zero-order valence-corrected chi connectivity index (χ0v) is 14.6. The Morgan fingerprint density at radius 1 is 1.13 bits per heavy atom. The van der Waals surface area contributed by atoms with E-state index in [1.54, 1.807) is 0 Å². The lowest BCUT2D eigenvalue weighted by Crippen LogP contribution is -2.32. The first-order valence-corrected chi connectivity index (χ1v) is 8.08. The van der Waals surface area contributed by atoms with Crippen LogP contribution in [0.2, 0.25) is 0 Å². The molecule has 1 aliphatic rings. The number of aromatic nitrogens is 2. The highest BCUT2D eigenvalue weighted by Gasteiger charge is 2.31. The molecule has 3 aromatic rings. The van der Waals surface area contributed by atoms with Crippen molar-refractivity contribution in [3.63, 3.8) is 0 Å². The van der Waals surface area contributed by atoms with Crippen molar-refractivity contribution in [1.82, 2.24) is 14.9 Å². The molecule has 1 amide bonds. The second-order valence-electron chi connectivity index (χ2n) is 5.58. The van der Waals surface area contributed by atoms with E-state index in [0.29, 0.717) is 0 Å². The van der Waals surface area contributed by atoms with Gasteiger partial charge in [-0.25, -0.2) is 9.97 Å². The van der Waals surface area contributed by atoms with E-state index in [4.69, 9.17) is 19.8 Å². The van der Waals surface area contributed by atoms with Gasteiger partial charge in [-0.15, -0.1) is 13.2 Å². The van der Waals surface area contributed by atoms with Gasteiger partial charge in [0.2, 0.25) is 0 Å². The average molecular weight is 426 g/mol. The number of hydrogen-bond acceptors (Lipinski definition) is 5. The van der Waals surface area contributed by atoms with Gasteiger partial charge >= 0.3 is 6.36 Å². The van der Waals surface area contributed by atoms with Crippen LogP contribution in [0, 0.1) is 0 Å². The Hall–Kier alpha value is -3.62. The summed E-state index contributed by atoms with van der Waals surface area (Å²) in [5.74, 6) is -4.11. The molecule has 2 aromatic carbocycles. The summed E-state index contributed by atoms with van der Waals surface area (Å²) in [7, 11) is 0.